The van der Waals surface area contributed by atoms with E-state index in [-0.39, 0.29) is 0 Å². The fraction of sp³-hybridized carbons (Fsp3) is 1.00. The van der Waals surface area contributed by atoms with Crippen LogP contribution in [0.3, 0.4) is 0 Å². The van der Waals surface area contributed by atoms with Crippen LogP contribution < -0.4 is 5.32 Å². The number of hydrogen-bond acceptors (Lipinski definition) is 3. The Morgan fingerprint density at radius 3 is 2.71 bits per heavy atom. The highest BCUT2D eigenvalue weighted by molar-refractivity contribution is 4.98. The van der Waals surface area contributed by atoms with Crippen molar-refractivity contribution in [3.05, 3.63) is 0 Å². The highest BCUT2D eigenvalue weighted by Crippen LogP contribution is 2.30. The summed E-state index contributed by atoms with van der Waals surface area (Å²) in [5.74, 6) is 0. The Hall–Kier alpha value is -0.120. The smallest absolute Gasteiger partial charge is 0.0772 e. The van der Waals surface area contributed by atoms with Gasteiger partial charge in [-0.2, -0.15) is 0 Å². The number of nitrogens with zero attached hydrogens (tertiary/aromatic N) is 1. The van der Waals surface area contributed by atoms with E-state index >= 15 is 0 Å². The van der Waals surface area contributed by atoms with Crippen LogP contribution >= 0.6 is 0 Å². The first-order chi connectivity index (χ1) is 6.62. The molecular weight excluding hydrogens is 176 g/mol. The molecule has 1 saturated carbocycles. The van der Waals surface area contributed by atoms with Gasteiger partial charge >= 0.3 is 0 Å². The summed E-state index contributed by atoms with van der Waals surface area (Å²) in [5, 5.41) is 13.6. The Balaban J connectivity index is 1.76. The molecule has 1 aliphatic carbocycles. The van der Waals surface area contributed by atoms with Gasteiger partial charge in [0.15, 0.2) is 0 Å². The molecule has 0 aromatic carbocycles. The predicted molar refractivity (Wildman–Crippen MR) is 57.3 cm³/mol. The Bertz CT molecular complexity index is 199. The molecule has 2 atom stereocenters. The molecule has 2 fully saturated rings. The summed E-state index contributed by atoms with van der Waals surface area (Å²) in [5.41, 5.74) is -0.466. The Labute approximate surface area is 86.5 Å². The van der Waals surface area contributed by atoms with Crippen molar-refractivity contribution in [2.24, 2.45) is 0 Å². The predicted octanol–water partition coefficient (Wildman–Crippen LogP) is 0.584. The van der Waals surface area contributed by atoms with Crippen molar-refractivity contribution in [3.63, 3.8) is 0 Å². The normalized spacial score (nSPS) is 40.1. The van der Waals surface area contributed by atoms with Crippen LogP contribution in [0.5, 0.6) is 0 Å². The van der Waals surface area contributed by atoms with E-state index in [9.17, 15) is 5.11 Å². The average molecular weight is 198 g/mol. The Morgan fingerprint density at radius 1 is 1.50 bits per heavy atom. The molecule has 3 nitrogen and oxygen atoms in total. The van der Waals surface area contributed by atoms with Gasteiger partial charge in [-0.05, 0) is 32.7 Å². The monoisotopic (exact) mass is 198 g/mol. The van der Waals surface area contributed by atoms with Crippen LogP contribution in [-0.2, 0) is 0 Å². The van der Waals surface area contributed by atoms with E-state index < -0.39 is 5.60 Å². The third-order valence-electron chi connectivity index (χ3n) is 3.77. The van der Waals surface area contributed by atoms with Crippen LogP contribution in [0.15, 0.2) is 0 Å². The Morgan fingerprint density at radius 2 is 2.21 bits per heavy atom. The number of likely N-dealkylation sites (tertiary alicyclic amines) is 1. The third kappa shape index (κ3) is 1.95. The zero-order valence-corrected chi connectivity index (χ0v) is 9.29. The molecule has 2 unspecified atom stereocenters. The first-order valence-corrected chi connectivity index (χ1v) is 5.82. The third-order valence-corrected chi connectivity index (χ3v) is 3.77. The summed E-state index contributed by atoms with van der Waals surface area (Å²) < 4.78 is 0. The van der Waals surface area contributed by atoms with E-state index in [1.165, 1.54) is 0 Å². The lowest BCUT2D eigenvalue weighted by molar-refractivity contribution is 0.0207. The second kappa shape index (κ2) is 3.80. The van der Waals surface area contributed by atoms with E-state index in [4.69, 9.17) is 0 Å². The highest BCUT2D eigenvalue weighted by atomic mass is 16.3. The van der Waals surface area contributed by atoms with Crippen molar-refractivity contribution >= 4 is 0 Å². The van der Waals surface area contributed by atoms with Gasteiger partial charge in [0.05, 0.1) is 5.60 Å². The van der Waals surface area contributed by atoms with Crippen LogP contribution in [0, 0.1) is 0 Å². The zero-order chi connectivity index (χ0) is 10.2. The second-order valence-corrected chi connectivity index (χ2v) is 5.02. The maximum absolute atomic E-state index is 10.1. The van der Waals surface area contributed by atoms with Gasteiger partial charge in [-0.1, -0.05) is 6.92 Å². The van der Waals surface area contributed by atoms with Crippen molar-refractivity contribution in [1.82, 2.24) is 10.2 Å². The maximum Gasteiger partial charge on any atom is 0.0772 e. The number of nitrogens with one attached hydrogen (secondary N) is 1. The standard InChI is InChI=1S/C11H22N2O/c1-3-13-7-9(8-13)12-10-5-4-6-11(10,2)14/h9-10,12,14H,3-8H2,1-2H3. The minimum absolute atomic E-state index is 0.325. The molecule has 1 aliphatic heterocycles. The molecule has 82 valence electrons. The van der Waals surface area contributed by atoms with Crippen LogP contribution in [0.25, 0.3) is 0 Å². The zero-order valence-electron chi connectivity index (χ0n) is 9.29. The van der Waals surface area contributed by atoms with E-state index in [1.807, 2.05) is 6.92 Å². The highest BCUT2D eigenvalue weighted by Gasteiger charge is 2.39. The van der Waals surface area contributed by atoms with Gasteiger partial charge in [-0.3, -0.25) is 0 Å². The topological polar surface area (TPSA) is 35.5 Å². The summed E-state index contributed by atoms with van der Waals surface area (Å²) in [7, 11) is 0. The van der Waals surface area contributed by atoms with Gasteiger partial charge in [-0.15, -0.1) is 0 Å². The quantitative estimate of drug-likeness (QED) is 0.696. The van der Waals surface area contributed by atoms with Crippen LogP contribution in [0.2, 0.25) is 0 Å². The van der Waals surface area contributed by atoms with Crippen molar-refractivity contribution in [2.75, 3.05) is 19.6 Å². The minimum Gasteiger partial charge on any atom is -0.389 e. The largest absolute Gasteiger partial charge is 0.389 e. The fourth-order valence-electron chi connectivity index (χ4n) is 2.63. The van der Waals surface area contributed by atoms with Gasteiger partial charge in [-0.25, -0.2) is 0 Å². The number of aliphatic hydroxyl groups is 1. The van der Waals surface area contributed by atoms with E-state index in [0.29, 0.717) is 12.1 Å². The molecule has 0 amide bonds. The maximum atomic E-state index is 10.1. The first-order valence-electron chi connectivity index (χ1n) is 5.82. The van der Waals surface area contributed by atoms with Gasteiger partial charge in [0.2, 0.25) is 0 Å². The SMILES string of the molecule is CCN1CC(NC2CCCC2(C)O)C1. The fourth-order valence-corrected chi connectivity index (χ4v) is 2.63. The summed E-state index contributed by atoms with van der Waals surface area (Å²) in [6.07, 6.45) is 3.25. The summed E-state index contributed by atoms with van der Waals surface area (Å²) in [4.78, 5) is 2.42. The molecule has 2 rings (SSSR count). The molecule has 0 bridgehead atoms. The summed E-state index contributed by atoms with van der Waals surface area (Å²) >= 11 is 0. The molecule has 0 aromatic heterocycles. The van der Waals surface area contributed by atoms with Crippen LogP contribution in [0.4, 0.5) is 0 Å². The lowest BCUT2D eigenvalue weighted by Crippen LogP contribution is -2.62. The molecule has 1 saturated heterocycles. The Kier molecular flexibility index (Phi) is 2.82. The minimum atomic E-state index is -0.466. The molecular formula is C11H22N2O. The van der Waals surface area contributed by atoms with E-state index in [1.54, 1.807) is 0 Å². The van der Waals surface area contributed by atoms with Crippen LogP contribution in [-0.4, -0.2) is 47.3 Å². The number of likely N-dealkylation sites (N-methyl/N-ethyl adjacent to an activating group) is 1. The van der Waals surface area contributed by atoms with Crippen molar-refractivity contribution in [1.29, 1.82) is 0 Å². The number of rotatable bonds is 3. The average Bonchev–Trinajstić information content (AvgIpc) is 2.37. The number of hydrogen-bond donors (Lipinski definition) is 2. The molecule has 3 heteroatoms. The lowest BCUT2D eigenvalue weighted by atomic mass is 9.98. The molecule has 0 aromatic rings. The second-order valence-electron chi connectivity index (χ2n) is 5.02. The van der Waals surface area contributed by atoms with E-state index in [0.717, 1.165) is 38.9 Å². The first kappa shape index (κ1) is 10.4. The van der Waals surface area contributed by atoms with E-state index in [2.05, 4.69) is 17.1 Å². The van der Waals surface area contributed by atoms with Crippen LogP contribution in [0.1, 0.15) is 33.1 Å². The van der Waals surface area contributed by atoms with Gasteiger partial charge < -0.3 is 15.3 Å². The van der Waals surface area contributed by atoms with Crippen molar-refractivity contribution < 1.29 is 5.11 Å². The van der Waals surface area contributed by atoms with Crippen molar-refractivity contribution in [2.45, 2.75) is 50.8 Å². The molecule has 14 heavy (non-hydrogen) atoms. The molecule has 0 spiro atoms. The molecule has 2 aliphatic rings. The molecule has 2 N–H and O–H groups in total. The molecule has 1 heterocycles. The summed E-state index contributed by atoms with van der Waals surface area (Å²) in [6, 6.07) is 0.941. The molecule has 0 radical (unpaired) electrons. The van der Waals surface area contributed by atoms with Gasteiger partial charge in [0, 0.05) is 25.2 Å². The lowest BCUT2D eigenvalue weighted by Gasteiger charge is -2.42. The summed E-state index contributed by atoms with van der Waals surface area (Å²) in [6.45, 7) is 7.63. The van der Waals surface area contributed by atoms with Gasteiger partial charge in [0.1, 0.15) is 0 Å². The van der Waals surface area contributed by atoms with Crippen molar-refractivity contribution in [3.8, 4) is 0 Å². The van der Waals surface area contributed by atoms with Gasteiger partial charge in [0.25, 0.3) is 0 Å².